The van der Waals surface area contributed by atoms with Crippen LogP contribution in [0, 0.1) is 0 Å². The number of hydrogen-bond acceptors (Lipinski definition) is 5. The van der Waals surface area contributed by atoms with Gasteiger partial charge in [-0.05, 0) is 0 Å². The Kier molecular flexibility index (Phi) is 5.35. The summed E-state index contributed by atoms with van der Waals surface area (Å²) < 4.78 is 29.1. The van der Waals surface area contributed by atoms with Crippen LogP contribution in [0.1, 0.15) is 5.56 Å². The Bertz CT molecular complexity index is 756. The molecule has 2 heterocycles. The average molecular weight is 299 g/mol. The number of aromatic amines is 2. The first-order chi connectivity index (χ1) is 9.25. The summed E-state index contributed by atoms with van der Waals surface area (Å²) in [6.07, 6.45) is 5.74. The lowest BCUT2D eigenvalue weighted by molar-refractivity contribution is -0.688. The second-order valence-corrected chi connectivity index (χ2v) is 5.26. The number of H-pyrrole nitrogens is 2. The van der Waals surface area contributed by atoms with Crippen molar-refractivity contribution in [3.05, 3.63) is 63.2 Å². The third kappa shape index (κ3) is 6.61. The van der Waals surface area contributed by atoms with E-state index in [1.54, 1.807) is 0 Å². The van der Waals surface area contributed by atoms with Crippen LogP contribution in [0.5, 0.6) is 0 Å². The normalized spacial score (nSPS) is 10.5. The standard InChI is InChI=1S/C10H9N3O2.CH4O3S/c14-9-8(6-11-10(15)12-9)7-13-4-2-1-3-5-13;1-5(2,3)4/h1-6H,7H2,(H-,11,12,14,15);1H3,(H,2,3,4). The van der Waals surface area contributed by atoms with Gasteiger partial charge in [0.05, 0.1) is 15.7 Å². The second kappa shape index (κ2) is 6.78. The molecule has 20 heavy (non-hydrogen) atoms. The van der Waals surface area contributed by atoms with E-state index in [0.29, 0.717) is 18.4 Å². The van der Waals surface area contributed by atoms with Gasteiger partial charge in [0.1, 0.15) is 0 Å². The highest BCUT2D eigenvalue weighted by molar-refractivity contribution is 7.84. The van der Waals surface area contributed by atoms with Gasteiger partial charge in [0.15, 0.2) is 18.9 Å². The molecule has 0 fully saturated rings. The van der Waals surface area contributed by atoms with Gasteiger partial charge in [-0.2, -0.15) is 0 Å². The molecule has 2 aromatic heterocycles. The van der Waals surface area contributed by atoms with Gasteiger partial charge in [-0.3, -0.25) is 9.78 Å². The lowest BCUT2D eigenvalue weighted by Gasteiger charge is -1.94. The number of hydrogen-bond donors (Lipinski definition) is 2. The molecule has 0 atom stereocenters. The van der Waals surface area contributed by atoms with Crippen LogP contribution in [0.2, 0.25) is 0 Å². The summed E-state index contributed by atoms with van der Waals surface area (Å²) in [5.41, 5.74) is -0.317. The van der Waals surface area contributed by atoms with E-state index in [2.05, 4.69) is 9.97 Å². The van der Waals surface area contributed by atoms with Crippen LogP contribution < -0.4 is 15.8 Å². The van der Waals surface area contributed by atoms with Crippen molar-refractivity contribution in [1.29, 1.82) is 0 Å². The highest BCUT2D eigenvalue weighted by Gasteiger charge is 2.05. The van der Waals surface area contributed by atoms with Crippen LogP contribution in [0.3, 0.4) is 0 Å². The molecule has 0 spiro atoms. The van der Waals surface area contributed by atoms with Gasteiger partial charge in [0.25, 0.3) is 5.56 Å². The Hall–Kier alpha value is -2.26. The smallest absolute Gasteiger partial charge is 0.325 e. The molecule has 0 unspecified atom stereocenters. The van der Waals surface area contributed by atoms with E-state index in [1.807, 2.05) is 35.2 Å². The number of pyridine rings is 1. The van der Waals surface area contributed by atoms with E-state index < -0.39 is 15.8 Å². The first-order valence-electron chi connectivity index (χ1n) is 5.41. The first kappa shape index (κ1) is 15.8. The maximum Gasteiger partial charge on any atom is 0.325 e. The monoisotopic (exact) mass is 299 g/mol. The lowest BCUT2D eigenvalue weighted by atomic mass is 10.3. The van der Waals surface area contributed by atoms with Gasteiger partial charge in [-0.1, -0.05) is 6.07 Å². The molecule has 8 nitrogen and oxygen atoms in total. The molecule has 0 aromatic carbocycles. The van der Waals surface area contributed by atoms with Crippen molar-refractivity contribution in [2.45, 2.75) is 6.54 Å². The fourth-order valence-electron chi connectivity index (χ4n) is 1.29. The van der Waals surface area contributed by atoms with Crippen LogP contribution in [0.25, 0.3) is 0 Å². The summed E-state index contributed by atoms with van der Waals surface area (Å²) >= 11 is 0. The van der Waals surface area contributed by atoms with Crippen molar-refractivity contribution in [2.24, 2.45) is 0 Å². The maximum atomic E-state index is 11.4. The van der Waals surface area contributed by atoms with E-state index in [1.165, 1.54) is 6.20 Å². The first-order valence-corrected chi connectivity index (χ1v) is 7.23. The van der Waals surface area contributed by atoms with E-state index >= 15 is 0 Å². The van der Waals surface area contributed by atoms with E-state index in [9.17, 15) is 9.59 Å². The molecule has 2 N–H and O–H groups in total. The molecule has 0 saturated heterocycles. The maximum absolute atomic E-state index is 11.4. The Morgan fingerprint density at radius 3 is 2.25 bits per heavy atom. The summed E-state index contributed by atoms with van der Waals surface area (Å²) in [6.45, 7) is 0.437. The van der Waals surface area contributed by atoms with Crippen LogP contribution in [-0.2, 0) is 16.7 Å². The van der Waals surface area contributed by atoms with Crippen molar-refractivity contribution in [2.75, 3.05) is 6.26 Å². The van der Waals surface area contributed by atoms with Crippen LogP contribution in [0.15, 0.2) is 46.4 Å². The predicted octanol–water partition coefficient (Wildman–Crippen LogP) is -1.44. The van der Waals surface area contributed by atoms with Gasteiger partial charge in [-0.25, -0.2) is 17.8 Å². The number of nitrogens with zero attached hydrogens (tertiary/aromatic N) is 1. The molecule has 0 aliphatic rings. The van der Waals surface area contributed by atoms with Gasteiger partial charge in [-0.15, -0.1) is 0 Å². The summed E-state index contributed by atoms with van der Waals surface area (Å²) in [5.74, 6) is 0. The topological polar surface area (TPSA) is 127 Å². The molecule has 0 aliphatic heterocycles. The van der Waals surface area contributed by atoms with Crippen molar-refractivity contribution >= 4 is 10.1 Å². The minimum absolute atomic E-state index is 0.352. The molecule has 0 bridgehead atoms. The summed E-state index contributed by atoms with van der Waals surface area (Å²) in [4.78, 5) is 26.7. The molecular weight excluding hydrogens is 286 g/mol. The Labute approximate surface area is 114 Å². The number of aromatic nitrogens is 3. The van der Waals surface area contributed by atoms with Crippen molar-refractivity contribution in [3.63, 3.8) is 0 Å². The molecule has 0 amide bonds. The lowest BCUT2D eigenvalue weighted by Crippen LogP contribution is -2.37. The van der Waals surface area contributed by atoms with Crippen LogP contribution in [0.4, 0.5) is 0 Å². The Balaban J connectivity index is 0.000000347. The molecule has 9 heteroatoms. The molecule has 0 radical (unpaired) electrons. The number of rotatable bonds is 2. The minimum Gasteiger partial charge on any atom is -0.748 e. The quantitative estimate of drug-likeness (QED) is 0.518. The molecular formula is C11H13N3O5S. The van der Waals surface area contributed by atoms with E-state index in [4.69, 9.17) is 13.0 Å². The number of nitrogens with one attached hydrogen (secondary N) is 2. The highest BCUT2D eigenvalue weighted by atomic mass is 32.2. The third-order valence-corrected chi connectivity index (χ3v) is 2.03. The zero-order valence-electron chi connectivity index (χ0n) is 10.6. The summed E-state index contributed by atoms with van der Waals surface area (Å²) in [5, 5.41) is 0. The summed E-state index contributed by atoms with van der Waals surface area (Å²) in [7, 11) is -3.92. The van der Waals surface area contributed by atoms with Gasteiger partial charge < -0.3 is 9.54 Å². The molecule has 2 rings (SSSR count). The zero-order chi connectivity index (χ0) is 15.2. The predicted molar refractivity (Wildman–Crippen MR) is 69.0 cm³/mol. The minimum atomic E-state index is -3.92. The fraction of sp³-hybridized carbons (Fsp3) is 0.182. The Morgan fingerprint density at radius 2 is 1.75 bits per heavy atom. The van der Waals surface area contributed by atoms with Crippen molar-refractivity contribution in [1.82, 2.24) is 9.97 Å². The van der Waals surface area contributed by atoms with E-state index in [0.717, 1.165) is 0 Å². The van der Waals surface area contributed by atoms with Crippen LogP contribution in [-0.4, -0.2) is 29.2 Å². The zero-order valence-corrected chi connectivity index (χ0v) is 11.4. The molecule has 108 valence electrons. The van der Waals surface area contributed by atoms with Crippen LogP contribution >= 0.6 is 0 Å². The molecule has 0 aliphatic carbocycles. The SMILES string of the molecule is CS(=O)(=O)[O-].O=c1[nH]cc(C[n+]2ccccc2)c(=O)[nH]1. The largest absolute Gasteiger partial charge is 0.748 e. The average Bonchev–Trinajstić information content (AvgIpc) is 2.32. The van der Waals surface area contributed by atoms with Crippen molar-refractivity contribution in [3.8, 4) is 0 Å². The van der Waals surface area contributed by atoms with Gasteiger partial charge in [0.2, 0.25) is 0 Å². The van der Waals surface area contributed by atoms with Gasteiger partial charge in [0, 0.05) is 24.6 Å². The third-order valence-electron chi connectivity index (χ3n) is 2.03. The molecule has 2 aromatic rings. The van der Waals surface area contributed by atoms with Gasteiger partial charge >= 0.3 is 5.69 Å². The van der Waals surface area contributed by atoms with Crippen molar-refractivity contribution < 1.29 is 17.5 Å². The fourth-order valence-corrected chi connectivity index (χ4v) is 1.29. The second-order valence-electron chi connectivity index (χ2n) is 3.85. The van der Waals surface area contributed by atoms with E-state index in [-0.39, 0.29) is 5.56 Å². The molecule has 0 saturated carbocycles. The highest BCUT2D eigenvalue weighted by Crippen LogP contribution is 1.84. The Morgan fingerprint density at radius 1 is 1.20 bits per heavy atom. The summed E-state index contributed by atoms with van der Waals surface area (Å²) in [6, 6.07) is 5.65.